The number of amides is 1. The standard InChI is InChI=1S/C24H32N4O2/c1-18-10-17-28(21-8-12-25-13-9-21)24(30)22(18)23(29)26-20-6-4-19(5-7-20)11-16-27-14-2-3-15-27/h4-7,10,17,21,25H,2-3,8-9,11-16H2,1H3,(H,26,29). The van der Waals surface area contributed by atoms with Gasteiger partial charge in [-0.15, -0.1) is 0 Å². The number of carbonyl (C=O) groups is 1. The molecule has 2 aliphatic heterocycles. The maximum Gasteiger partial charge on any atom is 0.263 e. The van der Waals surface area contributed by atoms with Gasteiger partial charge in [-0.3, -0.25) is 9.59 Å². The van der Waals surface area contributed by atoms with E-state index in [0.717, 1.165) is 44.6 Å². The number of nitrogens with one attached hydrogen (secondary N) is 2. The molecule has 6 nitrogen and oxygen atoms in total. The molecule has 0 radical (unpaired) electrons. The molecule has 0 spiro atoms. The van der Waals surface area contributed by atoms with Crippen LogP contribution in [0.2, 0.25) is 0 Å². The summed E-state index contributed by atoms with van der Waals surface area (Å²) >= 11 is 0. The third-order valence-electron chi connectivity index (χ3n) is 6.38. The van der Waals surface area contributed by atoms with Crippen molar-refractivity contribution in [2.45, 2.75) is 45.1 Å². The molecule has 0 atom stereocenters. The van der Waals surface area contributed by atoms with Crippen LogP contribution in [0.1, 0.15) is 53.2 Å². The van der Waals surface area contributed by atoms with Gasteiger partial charge < -0.3 is 20.1 Å². The minimum Gasteiger partial charge on any atom is -0.322 e. The van der Waals surface area contributed by atoms with Crippen molar-refractivity contribution < 1.29 is 4.79 Å². The quantitative estimate of drug-likeness (QED) is 0.771. The van der Waals surface area contributed by atoms with E-state index >= 15 is 0 Å². The number of rotatable bonds is 6. The third-order valence-corrected chi connectivity index (χ3v) is 6.38. The highest BCUT2D eigenvalue weighted by Gasteiger charge is 2.21. The van der Waals surface area contributed by atoms with Crippen LogP contribution in [0.3, 0.4) is 0 Å². The zero-order valence-electron chi connectivity index (χ0n) is 17.8. The highest BCUT2D eigenvalue weighted by atomic mass is 16.2. The molecule has 160 valence electrons. The van der Waals surface area contributed by atoms with Crippen LogP contribution in [0, 0.1) is 6.92 Å². The van der Waals surface area contributed by atoms with Gasteiger partial charge in [0.1, 0.15) is 5.56 Å². The summed E-state index contributed by atoms with van der Waals surface area (Å²) in [5, 5.41) is 6.24. The maximum atomic E-state index is 13.1. The summed E-state index contributed by atoms with van der Waals surface area (Å²) < 4.78 is 1.74. The van der Waals surface area contributed by atoms with Gasteiger partial charge >= 0.3 is 0 Å². The second-order valence-corrected chi connectivity index (χ2v) is 8.52. The number of carbonyl (C=O) groups excluding carboxylic acids is 1. The minimum atomic E-state index is -0.328. The largest absolute Gasteiger partial charge is 0.322 e. The molecule has 1 aromatic carbocycles. The molecule has 2 N–H and O–H groups in total. The molecule has 1 amide bonds. The Labute approximate surface area is 178 Å². The Morgan fingerprint density at radius 2 is 1.80 bits per heavy atom. The Kier molecular flexibility index (Phi) is 6.65. The predicted octanol–water partition coefficient (Wildman–Crippen LogP) is 2.97. The fourth-order valence-corrected chi connectivity index (χ4v) is 4.53. The number of piperidine rings is 1. The molecule has 4 rings (SSSR count). The molecule has 30 heavy (non-hydrogen) atoms. The highest BCUT2D eigenvalue weighted by molar-refractivity contribution is 6.05. The van der Waals surface area contributed by atoms with Gasteiger partial charge in [0.25, 0.3) is 11.5 Å². The van der Waals surface area contributed by atoms with Gasteiger partial charge in [0.05, 0.1) is 0 Å². The van der Waals surface area contributed by atoms with Crippen molar-refractivity contribution in [1.82, 2.24) is 14.8 Å². The lowest BCUT2D eigenvalue weighted by Gasteiger charge is -2.25. The highest BCUT2D eigenvalue weighted by Crippen LogP contribution is 2.18. The lowest BCUT2D eigenvalue weighted by Crippen LogP contribution is -2.37. The lowest BCUT2D eigenvalue weighted by atomic mass is 10.0. The maximum absolute atomic E-state index is 13.1. The zero-order valence-corrected chi connectivity index (χ0v) is 17.8. The van der Waals surface area contributed by atoms with E-state index in [-0.39, 0.29) is 23.1 Å². The Morgan fingerprint density at radius 3 is 2.50 bits per heavy atom. The van der Waals surface area contributed by atoms with Crippen LogP contribution in [0.4, 0.5) is 5.69 Å². The molecule has 3 heterocycles. The molecular formula is C24H32N4O2. The molecular weight excluding hydrogens is 376 g/mol. The van der Waals surface area contributed by atoms with Crippen LogP contribution in [0.25, 0.3) is 0 Å². The van der Waals surface area contributed by atoms with Gasteiger partial charge in [-0.25, -0.2) is 0 Å². The van der Waals surface area contributed by atoms with E-state index in [4.69, 9.17) is 0 Å². The first-order valence-electron chi connectivity index (χ1n) is 11.2. The third kappa shape index (κ3) is 4.82. The van der Waals surface area contributed by atoms with E-state index in [2.05, 4.69) is 27.7 Å². The first-order valence-corrected chi connectivity index (χ1v) is 11.2. The number of pyridine rings is 1. The van der Waals surface area contributed by atoms with Crippen molar-refractivity contribution in [2.75, 3.05) is 38.0 Å². The second-order valence-electron chi connectivity index (χ2n) is 8.52. The normalized spacial score (nSPS) is 17.9. The Bertz CT molecular complexity index is 923. The zero-order chi connectivity index (χ0) is 20.9. The average molecular weight is 409 g/mol. The van der Waals surface area contributed by atoms with Crippen molar-refractivity contribution >= 4 is 11.6 Å². The van der Waals surface area contributed by atoms with E-state index in [9.17, 15) is 9.59 Å². The fourth-order valence-electron chi connectivity index (χ4n) is 4.53. The van der Waals surface area contributed by atoms with Gasteiger partial charge in [0, 0.05) is 24.5 Å². The van der Waals surface area contributed by atoms with Crippen molar-refractivity contribution in [3.8, 4) is 0 Å². The molecule has 0 saturated carbocycles. The number of hydrogen-bond donors (Lipinski definition) is 2. The Morgan fingerprint density at radius 1 is 1.10 bits per heavy atom. The number of aromatic nitrogens is 1. The number of likely N-dealkylation sites (tertiary alicyclic amines) is 1. The van der Waals surface area contributed by atoms with Gasteiger partial charge in [-0.05, 0) is 94.5 Å². The van der Waals surface area contributed by atoms with E-state index < -0.39 is 0 Å². The Balaban J connectivity index is 1.43. The SMILES string of the molecule is Cc1ccn(C2CCNCC2)c(=O)c1C(=O)Nc1ccc(CCN2CCCC2)cc1. The van der Waals surface area contributed by atoms with Gasteiger partial charge in [-0.1, -0.05) is 12.1 Å². The molecule has 0 bridgehead atoms. The number of benzene rings is 1. The molecule has 2 saturated heterocycles. The first-order chi connectivity index (χ1) is 14.6. The van der Waals surface area contributed by atoms with Gasteiger partial charge in [-0.2, -0.15) is 0 Å². The Hall–Kier alpha value is -2.44. The van der Waals surface area contributed by atoms with Crippen LogP contribution >= 0.6 is 0 Å². The minimum absolute atomic E-state index is 0.154. The number of nitrogens with zero attached hydrogens (tertiary/aromatic N) is 2. The fraction of sp³-hybridized carbons (Fsp3) is 0.500. The molecule has 2 aromatic rings. The summed E-state index contributed by atoms with van der Waals surface area (Å²) in [5.41, 5.74) is 2.76. The molecule has 0 unspecified atom stereocenters. The van der Waals surface area contributed by atoms with E-state index in [0.29, 0.717) is 5.56 Å². The number of anilines is 1. The van der Waals surface area contributed by atoms with Gasteiger partial charge in [0.2, 0.25) is 0 Å². The molecule has 1 aromatic heterocycles. The monoisotopic (exact) mass is 408 g/mol. The van der Waals surface area contributed by atoms with E-state index in [1.165, 1.54) is 31.5 Å². The predicted molar refractivity (Wildman–Crippen MR) is 120 cm³/mol. The van der Waals surface area contributed by atoms with Crippen LogP contribution < -0.4 is 16.2 Å². The summed E-state index contributed by atoms with van der Waals surface area (Å²) in [4.78, 5) is 28.5. The lowest BCUT2D eigenvalue weighted by molar-refractivity contribution is 0.102. The van der Waals surface area contributed by atoms with Gasteiger partial charge in [0.15, 0.2) is 0 Å². The van der Waals surface area contributed by atoms with Crippen LogP contribution in [-0.4, -0.2) is 48.1 Å². The van der Waals surface area contributed by atoms with Crippen molar-refractivity contribution in [3.63, 3.8) is 0 Å². The smallest absolute Gasteiger partial charge is 0.263 e. The van der Waals surface area contributed by atoms with Crippen molar-refractivity contribution in [2.24, 2.45) is 0 Å². The van der Waals surface area contributed by atoms with Crippen molar-refractivity contribution in [1.29, 1.82) is 0 Å². The first kappa shape index (κ1) is 20.8. The second kappa shape index (κ2) is 9.58. The average Bonchev–Trinajstić information content (AvgIpc) is 3.28. The van der Waals surface area contributed by atoms with E-state index in [1.807, 2.05) is 31.3 Å². The summed E-state index contributed by atoms with van der Waals surface area (Å²) in [5.74, 6) is -0.328. The number of hydrogen-bond acceptors (Lipinski definition) is 4. The summed E-state index contributed by atoms with van der Waals surface area (Å²) in [6.45, 7) is 7.13. The van der Waals surface area contributed by atoms with Crippen LogP contribution in [0.15, 0.2) is 41.3 Å². The molecule has 2 fully saturated rings. The summed E-state index contributed by atoms with van der Waals surface area (Å²) in [6.07, 6.45) is 7.28. The molecule has 2 aliphatic rings. The number of aryl methyl sites for hydroxylation is 1. The summed E-state index contributed by atoms with van der Waals surface area (Å²) in [7, 11) is 0. The molecule has 6 heteroatoms. The van der Waals surface area contributed by atoms with Crippen molar-refractivity contribution in [3.05, 3.63) is 63.6 Å². The van der Waals surface area contributed by atoms with E-state index in [1.54, 1.807) is 4.57 Å². The molecule has 0 aliphatic carbocycles. The topological polar surface area (TPSA) is 66.4 Å². The van der Waals surface area contributed by atoms with Crippen LogP contribution in [-0.2, 0) is 6.42 Å². The van der Waals surface area contributed by atoms with Crippen LogP contribution in [0.5, 0.6) is 0 Å². The summed E-state index contributed by atoms with van der Waals surface area (Å²) in [6, 6.07) is 10.0.